The molecule has 1 N–H and O–H groups in total. The van der Waals surface area contributed by atoms with Gasteiger partial charge in [0.1, 0.15) is 0 Å². The van der Waals surface area contributed by atoms with Gasteiger partial charge in [0.05, 0.1) is 24.7 Å². The van der Waals surface area contributed by atoms with Crippen LogP contribution in [0.3, 0.4) is 0 Å². The van der Waals surface area contributed by atoms with E-state index in [1.54, 1.807) is 0 Å². The standard InChI is InChI=1S/C27H36O6/c1-24-10-6-20-25(2)8-5-9-27(20,15-33-23(25)30)19(24)7-11-26(3,31)21(24)13-16-12-17(28)14-18(32-4)22(16)29/h12,14,19-21,31H,5-11,13,15H2,1-4H3/t19-,20-,21-,24-,25-,26-,27-/m0/s1. The molecule has 5 aliphatic rings. The third-order valence-electron chi connectivity index (χ3n) is 10.4. The van der Waals surface area contributed by atoms with Crippen molar-refractivity contribution in [2.24, 2.45) is 34.0 Å². The predicted molar refractivity (Wildman–Crippen MR) is 121 cm³/mol. The number of Topliss-reactive ketones (excluding diaryl/α,β-unsaturated/α-hetero) is 1. The molecule has 1 heterocycles. The molecule has 0 spiro atoms. The van der Waals surface area contributed by atoms with Crippen LogP contribution in [-0.4, -0.2) is 42.0 Å². The van der Waals surface area contributed by atoms with Crippen molar-refractivity contribution in [3.05, 3.63) is 23.5 Å². The van der Waals surface area contributed by atoms with E-state index in [1.807, 2.05) is 6.92 Å². The average molecular weight is 457 g/mol. The maximum atomic E-state index is 13.0. The second-order valence-corrected chi connectivity index (χ2v) is 12.0. The van der Waals surface area contributed by atoms with Crippen LogP contribution in [-0.2, 0) is 23.9 Å². The normalized spacial score (nSPS) is 47.1. The molecule has 180 valence electrons. The summed E-state index contributed by atoms with van der Waals surface area (Å²) in [4.78, 5) is 38.0. The summed E-state index contributed by atoms with van der Waals surface area (Å²) in [5.74, 6) is -0.0501. The molecule has 0 amide bonds. The van der Waals surface area contributed by atoms with Gasteiger partial charge in [-0.25, -0.2) is 0 Å². The van der Waals surface area contributed by atoms with E-state index in [2.05, 4.69) is 13.8 Å². The van der Waals surface area contributed by atoms with Gasteiger partial charge in [-0.05, 0) is 88.0 Å². The Morgan fingerprint density at radius 3 is 2.48 bits per heavy atom. The van der Waals surface area contributed by atoms with E-state index in [-0.39, 0.29) is 40.0 Å². The SMILES string of the molecule is COC1=CC(=O)C=C(C[C@H]2[C@@]3(C)CC[C@@H]4[C@]5(CCC[C@]4(C)C(=O)OC5)[C@H]3CC[C@]2(C)O)C1=O. The van der Waals surface area contributed by atoms with Gasteiger partial charge in [-0.1, -0.05) is 13.3 Å². The predicted octanol–water partition coefficient (Wildman–Crippen LogP) is 3.91. The minimum absolute atomic E-state index is 0.0406. The molecule has 2 bridgehead atoms. The number of rotatable bonds is 3. The second-order valence-electron chi connectivity index (χ2n) is 12.0. The maximum Gasteiger partial charge on any atom is 0.312 e. The van der Waals surface area contributed by atoms with Crippen molar-refractivity contribution in [2.45, 2.75) is 77.7 Å². The summed E-state index contributed by atoms with van der Waals surface area (Å²) in [5, 5.41) is 11.6. The van der Waals surface area contributed by atoms with E-state index in [4.69, 9.17) is 9.47 Å². The van der Waals surface area contributed by atoms with Gasteiger partial charge in [0.15, 0.2) is 11.5 Å². The van der Waals surface area contributed by atoms with Crippen LogP contribution in [0, 0.1) is 34.0 Å². The van der Waals surface area contributed by atoms with E-state index in [9.17, 15) is 19.5 Å². The summed E-state index contributed by atoms with van der Waals surface area (Å²) < 4.78 is 11.0. The number of hydrogen-bond donors (Lipinski definition) is 1. The van der Waals surface area contributed by atoms with Crippen LogP contribution in [0.15, 0.2) is 23.5 Å². The van der Waals surface area contributed by atoms with Crippen LogP contribution >= 0.6 is 0 Å². The average Bonchev–Trinajstić information content (AvgIpc) is 2.75. The number of fused-ring (bicyclic) bond motifs is 1. The molecule has 0 radical (unpaired) electrons. The highest BCUT2D eigenvalue weighted by molar-refractivity contribution is 6.19. The number of carbonyl (C=O) groups is 3. The first-order chi connectivity index (χ1) is 15.5. The molecule has 1 saturated heterocycles. The van der Waals surface area contributed by atoms with Gasteiger partial charge in [0, 0.05) is 17.1 Å². The van der Waals surface area contributed by atoms with Crippen LogP contribution in [0.1, 0.15) is 72.1 Å². The van der Waals surface area contributed by atoms with E-state index in [0.29, 0.717) is 36.9 Å². The zero-order valence-corrected chi connectivity index (χ0v) is 20.2. The molecule has 0 aromatic heterocycles. The quantitative estimate of drug-likeness (QED) is 0.512. The smallest absolute Gasteiger partial charge is 0.312 e. The summed E-state index contributed by atoms with van der Waals surface area (Å²) in [5.41, 5.74) is -1.23. The Balaban J connectivity index is 1.53. The Kier molecular flexibility index (Phi) is 5.03. The van der Waals surface area contributed by atoms with Crippen molar-refractivity contribution in [3.63, 3.8) is 0 Å². The highest BCUT2D eigenvalue weighted by Gasteiger charge is 2.69. The zero-order chi connectivity index (χ0) is 23.8. The summed E-state index contributed by atoms with van der Waals surface area (Å²) in [6.07, 6.45) is 9.32. The van der Waals surface area contributed by atoms with Crippen molar-refractivity contribution in [1.82, 2.24) is 0 Å². The van der Waals surface area contributed by atoms with Gasteiger partial charge in [-0.2, -0.15) is 0 Å². The number of hydrogen-bond acceptors (Lipinski definition) is 6. The van der Waals surface area contributed by atoms with Crippen molar-refractivity contribution in [3.8, 4) is 0 Å². The number of methoxy groups -OCH3 is 1. The third kappa shape index (κ3) is 3.05. The zero-order valence-electron chi connectivity index (χ0n) is 20.2. The van der Waals surface area contributed by atoms with Crippen molar-refractivity contribution in [2.75, 3.05) is 13.7 Å². The first-order valence-corrected chi connectivity index (χ1v) is 12.4. The number of allylic oxidation sites excluding steroid dienone is 3. The van der Waals surface area contributed by atoms with E-state index < -0.39 is 11.0 Å². The Hall–Kier alpha value is -1.95. The monoisotopic (exact) mass is 456 g/mol. The van der Waals surface area contributed by atoms with Crippen LogP contribution in [0.25, 0.3) is 0 Å². The number of carbonyl (C=O) groups excluding carboxylic acids is 3. The van der Waals surface area contributed by atoms with Crippen LogP contribution in [0.4, 0.5) is 0 Å². The summed E-state index contributed by atoms with van der Waals surface area (Å²) in [6, 6.07) is 0. The molecule has 4 aliphatic carbocycles. The Morgan fingerprint density at radius 1 is 1.03 bits per heavy atom. The molecule has 6 heteroatoms. The first-order valence-electron chi connectivity index (χ1n) is 12.4. The Bertz CT molecular complexity index is 975. The molecule has 33 heavy (non-hydrogen) atoms. The number of esters is 1. The topological polar surface area (TPSA) is 89.9 Å². The van der Waals surface area contributed by atoms with E-state index in [1.165, 1.54) is 19.3 Å². The maximum absolute atomic E-state index is 13.0. The Labute approximate surface area is 195 Å². The molecule has 6 nitrogen and oxygen atoms in total. The van der Waals surface area contributed by atoms with Crippen LogP contribution in [0.5, 0.6) is 0 Å². The molecule has 3 saturated carbocycles. The molecule has 4 fully saturated rings. The molecule has 0 aromatic carbocycles. The summed E-state index contributed by atoms with van der Waals surface area (Å²) >= 11 is 0. The molecular formula is C27H36O6. The van der Waals surface area contributed by atoms with Gasteiger partial charge in [0.2, 0.25) is 5.78 Å². The Morgan fingerprint density at radius 2 is 1.76 bits per heavy atom. The number of cyclic esters (lactones) is 1. The summed E-state index contributed by atoms with van der Waals surface area (Å²) in [6.45, 7) is 6.73. The van der Waals surface area contributed by atoms with Crippen molar-refractivity contribution in [1.29, 1.82) is 0 Å². The van der Waals surface area contributed by atoms with Gasteiger partial charge in [-0.3, -0.25) is 14.4 Å². The van der Waals surface area contributed by atoms with Crippen LogP contribution in [0.2, 0.25) is 0 Å². The fourth-order valence-corrected chi connectivity index (χ4v) is 8.92. The molecular weight excluding hydrogens is 420 g/mol. The molecule has 7 atom stereocenters. The van der Waals surface area contributed by atoms with Gasteiger partial charge in [-0.15, -0.1) is 0 Å². The lowest BCUT2D eigenvalue weighted by Gasteiger charge is -2.69. The van der Waals surface area contributed by atoms with Crippen LogP contribution < -0.4 is 0 Å². The first kappa shape index (κ1) is 22.8. The molecule has 0 unspecified atom stereocenters. The van der Waals surface area contributed by atoms with E-state index in [0.717, 1.165) is 38.5 Å². The number of ether oxygens (including phenoxy) is 2. The minimum atomic E-state index is -0.948. The fraction of sp³-hybridized carbons (Fsp3) is 0.741. The molecule has 5 rings (SSSR count). The summed E-state index contributed by atoms with van der Waals surface area (Å²) in [7, 11) is 1.40. The van der Waals surface area contributed by atoms with E-state index >= 15 is 0 Å². The largest absolute Gasteiger partial charge is 0.493 e. The highest BCUT2D eigenvalue weighted by Crippen LogP contribution is 2.71. The highest BCUT2D eigenvalue weighted by atomic mass is 16.5. The lowest BCUT2D eigenvalue weighted by atomic mass is 9.37. The second kappa shape index (κ2) is 7.27. The lowest BCUT2D eigenvalue weighted by molar-refractivity contribution is -0.256. The van der Waals surface area contributed by atoms with Crippen molar-refractivity contribution >= 4 is 17.5 Å². The molecule has 1 aliphatic heterocycles. The van der Waals surface area contributed by atoms with Gasteiger partial charge in [0.25, 0.3) is 0 Å². The van der Waals surface area contributed by atoms with Crippen molar-refractivity contribution < 1.29 is 29.0 Å². The molecule has 0 aromatic rings. The van der Waals surface area contributed by atoms with Gasteiger partial charge < -0.3 is 14.6 Å². The lowest BCUT2D eigenvalue weighted by Crippen LogP contribution is -2.68. The fourth-order valence-electron chi connectivity index (χ4n) is 8.92. The van der Waals surface area contributed by atoms with Gasteiger partial charge >= 0.3 is 5.97 Å². The number of aliphatic hydroxyl groups is 1. The minimum Gasteiger partial charge on any atom is -0.493 e. The number of ketones is 2. The third-order valence-corrected chi connectivity index (χ3v) is 10.4.